The third kappa shape index (κ3) is 6.73. The zero-order valence-corrected chi connectivity index (χ0v) is 10.5. The minimum Gasteiger partial charge on any atom is -0.480 e. The number of halogens is 2. The molecule has 5 nitrogen and oxygen atoms in total. The summed E-state index contributed by atoms with van der Waals surface area (Å²) < 4.78 is 28.7. The fourth-order valence-corrected chi connectivity index (χ4v) is 1.65. The van der Waals surface area contributed by atoms with Gasteiger partial charge in [0.2, 0.25) is 5.91 Å². The van der Waals surface area contributed by atoms with Crippen molar-refractivity contribution in [1.29, 1.82) is 0 Å². The molecule has 0 fully saturated rings. The molecule has 0 saturated carbocycles. The van der Waals surface area contributed by atoms with Crippen LogP contribution in [0.25, 0.3) is 0 Å². The van der Waals surface area contributed by atoms with E-state index in [9.17, 15) is 18.4 Å². The van der Waals surface area contributed by atoms with E-state index in [1.54, 1.807) is 0 Å². The SMILES string of the molecule is O=C(O)COCC(=O)Nc1ccc(SC(F)F)cc1. The zero-order valence-electron chi connectivity index (χ0n) is 9.64. The highest BCUT2D eigenvalue weighted by atomic mass is 32.2. The van der Waals surface area contributed by atoms with Crippen molar-refractivity contribution < 1.29 is 28.2 Å². The second-order valence-corrected chi connectivity index (χ2v) is 4.40. The van der Waals surface area contributed by atoms with Gasteiger partial charge in [0.05, 0.1) is 0 Å². The van der Waals surface area contributed by atoms with E-state index in [-0.39, 0.29) is 6.61 Å². The lowest BCUT2D eigenvalue weighted by Crippen LogP contribution is -2.20. The fourth-order valence-electron chi connectivity index (χ4n) is 1.15. The molecule has 1 aromatic rings. The molecule has 1 aromatic carbocycles. The third-order valence-electron chi connectivity index (χ3n) is 1.82. The second kappa shape index (κ2) is 7.70. The normalized spacial score (nSPS) is 10.5. The molecule has 1 amide bonds. The summed E-state index contributed by atoms with van der Waals surface area (Å²) in [5.41, 5.74) is 0.419. The van der Waals surface area contributed by atoms with Crippen LogP contribution in [-0.2, 0) is 14.3 Å². The van der Waals surface area contributed by atoms with E-state index in [0.717, 1.165) is 0 Å². The largest absolute Gasteiger partial charge is 0.480 e. The van der Waals surface area contributed by atoms with Gasteiger partial charge in [-0.05, 0) is 24.3 Å². The van der Waals surface area contributed by atoms with E-state index >= 15 is 0 Å². The minimum absolute atomic E-state index is 0.384. The fraction of sp³-hybridized carbons (Fsp3) is 0.273. The average Bonchev–Trinajstić information content (AvgIpc) is 2.30. The lowest BCUT2D eigenvalue weighted by Gasteiger charge is -2.06. The molecule has 2 N–H and O–H groups in total. The lowest BCUT2D eigenvalue weighted by molar-refractivity contribution is -0.143. The van der Waals surface area contributed by atoms with Crippen LogP contribution in [0.3, 0.4) is 0 Å². The van der Waals surface area contributed by atoms with Gasteiger partial charge >= 0.3 is 5.97 Å². The first kappa shape index (κ1) is 15.4. The van der Waals surface area contributed by atoms with Crippen LogP contribution >= 0.6 is 11.8 Å². The number of amides is 1. The van der Waals surface area contributed by atoms with Gasteiger partial charge in [-0.15, -0.1) is 0 Å². The van der Waals surface area contributed by atoms with Crippen LogP contribution in [0, 0.1) is 0 Å². The first-order chi connectivity index (χ1) is 8.97. The molecule has 0 radical (unpaired) electrons. The standard InChI is InChI=1S/C11H11F2NO4S/c12-11(13)19-8-3-1-7(2-4-8)14-9(15)5-18-6-10(16)17/h1-4,11H,5-6H2,(H,14,15)(H,16,17). The van der Waals surface area contributed by atoms with Crippen molar-refractivity contribution in [2.75, 3.05) is 18.5 Å². The van der Waals surface area contributed by atoms with Gasteiger partial charge < -0.3 is 15.2 Å². The quantitative estimate of drug-likeness (QED) is 0.752. The molecule has 0 aliphatic heterocycles. The minimum atomic E-state index is -2.50. The van der Waals surface area contributed by atoms with Gasteiger partial charge in [-0.3, -0.25) is 4.79 Å². The molecule has 0 unspecified atom stereocenters. The summed E-state index contributed by atoms with van der Waals surface area (Å²) in [7, 11) is 0. The van der Waals surface area contributed by atoms with Crippen LogP contribution in [0.15, 0.2) is 29.2 Å². The Morgan fingerprint density at radius 2 is 1.89 bits per heavy atom. The van der Waals surface area contributed by atoms with Crippen LogP contribution < -0.4 is 5.32 Å². The molecule has 0 saturated heterocycles. The molecule has 0 spiro atoms. The maximum atomic E-state index is 12.1. The lowest BCUT2D eigenvalue weighted by atomic mass is 10.3. The van der Waals surface area contributed by atoms with Gasteiger partial charge in [0.15, 0.2) is 0 Å². The van der Waals surface area contributed by atoms with Crippen LogP contribution in [-0.4, -0.2) is 36.0 Å². The number of carbonyl (C=O) groups is 2. The molecular formula is C11H11F2NO4S. The van der Waals surface area contributed by atoms with Crippen molar-refractivity contribution in [1.82, 2.24) is 0 Å². The number of carboxylic acid groups (broad SMARTS) is 1. The predicted molar refractivity (Wildman–Crippen MR) is 65.4 cm³/mol. The number of ether oxygens (including phenoxy) is 1. The predicted octanol–water partition coefficient (Wildman–Crippen LogP) is 2.04. The Kier molecular flexibility index (Phi) is 6.23. The van der Waals surface area contributed by atoms with Gasteiger partial charge in [0.25, 0.3) is 5.76 Å². The highest BCUT2D eigenvalue weighted by Gasteiger charge is 2.07. The van der Waals surface area contributed by atoms with Crippen LogP contribution in [0.1, 0.15) is 0 Å². The molecular weight excluding hydrogens is 280 g/mol. The number of thioether (sulfide) groups is 1. The van der Waals surface area contributed by atoms with Gasteiger partial charge in [-0.1, -0.05) is 11.8 Å². The van der Waals surface area contributed by atoms with Crippen molar-refractivity contribution in [3.8, 4) is 0 Å². The number of anilines is 1. The third-order valence-corrected chi connectivity index (χ3v) is 2.54. The Labute approximate surface area is 111 Å². The number of carboxylic acids is 1. The first-order valence-corrected chi connectivity index (χ1v) is 5.99. The van der Waals surface area contributed by atoms with Crippen molar-refractivity contribution in [2.24, 2.45) is 0 Å². The highest BCUT2D eigenvalue weighted by Crippen LogP contribution is 2.26. The molecule has 1 rings (SSSR count). The van der Waals surface area contributed by atoms with Crippen LogP contribution in [0.2, 0.25) is 0 Å². The number of rotatable bonds is 7. The van der Waals surface area contributed by atoms with E-state index in [2.05, 4.69) is 10.1 Å². The molecule has 0 aliphatic rings. The highest BCUT2D eigenvalue weighted by molar-refractivity contribution is 7.99. The summed E-state index contributed by atoms with van der Waals surface area (Å²) in [6.07, 6.45) is 0. The molecule has 8 heteroatoms. The number of aliphatic carboxylic acids is 1. The maximum Gasteiger partial charge on any atom is 0.329 e. The van der Waals surface area contributed by atoms with E-state index in [4.69, 9.17) is 5.11 Å². The van der Waals surface area contributed by atoms with Crippen molar-refractivity contribution >= 4 is 29.3 Å². The van der Waals surface area contributed by atoms with E-state index in [0.29, 0.717) is 22.3 Å². The van der Waals surface area contributed by atoms with Gasteiger partial charge in [0, 0.05) is 10.6 Å². The van der Waals surface area contributed by atoms with Gasteiger partial charge in [-0.25, -0.2) is 4.79 Å². The summed E-state index contributed by atoms with van der Waals surface area (Å²) in [5, 5.41) is 10.7. The first-order valence-electron chi connectivity index (χ1n) is 5.11. The molecule has 19 heavy (non-hydrogen) atoms. The summed E-state index contributed by atoms with van der Waals surface area (Å²) in [5.74, 6) is -4.18. The summed E-state index contributed by atoms with van der Waals surface area (Å²) in [4.78, 5) is 21.8. The molecule has 104 valence electrons. The molecule has 0 aromatic heterocycles. The van der Waals surface area contributed by atoms with Crippen LogP contribution in [0.4, 0.5) is 14.5 Å². The number of hydrogen-bond donors (Lipinski definition) is 2. The maximum absolute atomic E-state index is 12.1. The molecule has 0 aliphatic carbocycles. The number of nitrogens with one attached hydrogen (secondary N) is 1. The zero-order chi connectivity index (χ0) is 14.3. The Morgan fingerprint density at radius 1 is 1.26 bits per heavy atom. The van der Waals surface area contributed by atoms with Crippen molar-refractivity contribution in [3.63, 3.8) is 0 Å². The van der Waals surface area contributed by atoms with E-state index in [1.165, 1.54) is 24.3 Å². The van der Waals surface area contributed by atoms with E-state index in [1.807, 2.05) is 0 Å². The molecule has 0 atom stereocenters. The smallest absolute Gasteiger partial charge is 0.329 e. The van der Waals surface area contributed by atoms with Gasteiger partial charge in [0.1, 0.15) is 13.2 Å². The number of carbonyl (C=O) groups excluding carboxylic acids is 1. The second-order valence-electron chi connectivity index (χ2n) is 3.34. The van der Waals surface area contributed by atoms with Gasteiger partial charge in [-0.2, -0.15) is 8.78 Å². The molecule has 0 heterocycles. The van der Waals surface area contributed by atoms with Crippen LogP contribution in [0.5, 0.6) is 0 Å². The Bertz CT molecular complexity index is 439. The average molecular weight is 291 g/mol. The number of hydrogen-bond acceptors (Lipinski definition) is 4. The Balaban J connectivity index is 2.40. The summed E-state index contributed by atoms with van der Waals surface area (Å²) >= 11 is 0.407. The Morgan fingerprint density at radius 3 is 2.42 bits per heavy atom. The Hall–Kier alpha value is -1.67. The van der Waals surface area contributed by atoms with Crippen molar-refractivity contribution in [3.05, 3.63) is 24.3 Å². The monoisotopic (exact) mass is 291 g/mol. The topological polar surface area (TPSA) is 75.6 Å². The number of benzene rings is 1. The number of alkyl halides is 2. The summed E-state index contributed by atoms with van der Waals surface area (Å²) in [6, 6.07) is 5.84. The van der Waals surface area contributed by atoms with Crippen molar-refractivity contribution in [2.45, 2.75) is 10.7 Å². The molecule has 0 bridgehead atoms. The summed E-state index contributed by atoms with van der Waals surface area (Å²) in [6.45, 7) is -0.947. The van der Waals surface area contributed by atoms with E-state index < -0.39 is 24.2 Å².